The van der Waals surface area contributed by atoms with Crippen molar-refractivity contribution in [2.75, 3.05) is 13.2 Å². The zero-order chi connectivity index (χ0) is 25.1. The standard InChI is InChI=1S/C27H28O8S/c1-18-12-14-21(15-13-18)36(29,30)35-23-17-32-27(20-10-6-3-7-11-20)34-25(23)24(28)22-16-31-26(33-22)19-8-4-2-5-9-19/h2-15,22-28H,16-17H2,1H3/t22-,23-,24-,25-,26?,27?/m1/s1. The minimum atomic E-state index is -4.15. The van der Waals surface area contributed by atoms with E-state index in [1.807, 2.05) is 67.6 Å². The van der Waals surface area contributed by atoms with E-state index in [9.17, 15) is 13.5 Å². The lowest BCUT2D eigenvalue weighted by molar-refractivity contribution is -0.278. The van der Waals surface area contributed by atoms with Crippen LogP contribution in [0.3, 0.4) is 0 Å². The summed E-state index contributed by atoms with van der Waals surface area (Å²) in [5, 5.41) is 11.3. The molecule has 0 radical (unpaired) electrons. The van der Waals surface area contributed by atoms with Crippen molar-refractivity contribution in [1.82, 2.24) is 0 Å². The third-order valence-electron chi connectivity index (χ3n) is 6.19. The summed E-state index contributed by atoms with van der Waals surface area (Å²) in [5.74, 6) is 0. The van der Waals surface area contributed by atoms with Gasteiger partial charge in [0, 0.05) is 11.1 Å². The SMILES string of the molecule is Cc1ccc(S(=O)(=O)O[C@@H]2COC(c3ccccc3)O[C@H]2[C@H](O)[C@H]2COC(c3ccccc3)O2)cc1. The molecule has 2 heterocycles. The van der Waals surface area contributed by atoms with E-state index in [-0.39, 0.29) is 18.1 Å². The Kier molecular flexibility index (Phi) is 7.49. The smallest absolute Gasteiger partial charge is 0.297 e. The van der Waals surface area contributed by atoms with E-state index in [1.165, 1.54) is 12.1 Å². The average Bonchev–Trinajstić information content (AvgIpc) is 3.40. The van der Waals surface area contributed by atoms with Crippen molar-refractivity contribution >= 4 is 10.1 Å². The number of ether oxygens (including phenoxy) is 4. The molecule has 2 fully saturated rings. The molecule has 3 aromatic carbocycles. The number of aliphatic hydroxyl groups is 1. The Morgan fingerprint density at radius 2 is 1.36 bits per heavy atom. The summed E-state index contributed by atoms with van der Waals surface area (Å²) in [4.78, 5) is 0.0103. The number of rotatable bonds is 7. The van der Waals surface area contributed by atoms with Gasteiger partial charge >= 0.3 is 0 Å². The Bertz CT molecular complexity index is 1230. The van der Waals surface area contributed by atoms with Gasteiger partial charge in [0.15, 0.2) is 12.6 Å². The van der Waals surface area contributed by atoms with E-state index >= 15 is 0 Å². The van der Waals surface area contributed by atoms with Crippen LogP contribution in [-0.2, 0) is 33.2 Å². The molecule has 9 heteroatoms. The zero-order valence-electron chi connectivity index (χ0n) is 19.7. The van der Waals surface area contributed by atoms with Gasteiger partial charge in [0.2, 0.25) is 0 Å². The maximum atomic E-state index is 13.0. The summed E-state index contributed by atoms with van der Waals surface area (Å²) in [6.07, 6.45) is -5.63. The van der Waals surface area contributed by atoms with Gasteiger partial charge in [0.05, 0.1) is 18.1 Å². The first kappa shape index (κ1) is 25.0. The van der Waals surface area contributed by atoms with Crippen LogP contribution in [0, 0.1) is 6.92 Å². The molecule has 6 atom stereocenters. The molecule has 8 nitrogen and oxygen atoms in total. The summed E-state index contributed by atoms with van der Waals surface area (Å²) < 4.78 is 55.3. The summed E-state index contributed by atoms with van der Waals surface area (Å²) in [5.41, 5.74) is 2.47. The molecular weight excluding hydrogens is 484 g/mol. The molecule has 0 bridgehead atoms. The number of aliphatic hydroxyl groups excluding tert-OH is 1. The van der Waals surface area contributed by atoms with Crippen LogP contribution in [0.2, 0.25) is 0 Å². The second kappa shape index (κ2) is 10.8. The molecule has 190 valence electrons. The number of benzene rings is 3. The molecule has 2 unspecified atom stereocenters. The molecule has 0 saturated carbocycles. The van der Waals surface area contributed by atoms with Crippen molar-refractivity contribution in [2.24, 2.45) is 0 Å². The largest absolute Gasteiger partial charge is 0.387 e. The first-order valence-corrected chi connectivity index (χ1v) is 13.1. The minimum absolute atomic E-state index is 0.0103. The van der Waals surface area contributed by atoms with E-state index in [0.29, 0.717) is 0 Å². The number of hydrogen-bond donors (Lipinski definition) is 1. The average molecular weight is 513 g/mol. The fraction of sp³-hybridized carbons (Fsp3) is 0.333. The summed E-state index contributed by atoms with van der Waals surface area (Å²) in [7, 11) is -4.15. The van der Waals surface area contributed by atoms with Crippen molar-refractivity contribution < 1.29 is 36.7 Å². The highest BCUT2D eigenvalue weighted by Gasteiger charge is 2.46. The maximum absolute atomic E-state index is 13.0. The molecule has 3 aromatic rings. The molecule has 2 saturated heterocycles. The van der Waals surface area contributed by atoms with Gasteiger partial charge in [-0.3, -0.25) is 4.18 Å². The van der Waals surface area contributed by atoms with Crippen LogP contribution in [0.5, 0.6) is 0 Å². The monoisotopic (exact) mass is 512 g/mol. The minimum Gasteiger partial charge on any atom is -0.387 e. The highest BCUT2D eigenvalue weighted by Crippen LogP contribution is 2.35. The maximum Gasteiger partial charge on any atom is 0.297 e. The second-order valence-electron chi connectivity index (χ2n) is 8.82. The molecule has 2 aliphatic rings. The molecule has 36 heavy (non-hydrogen) atoms. The van der Waals surface area contributed by atoms with E-state index in [2.05, 4.69) is 0 Å². The lowest BCUT2D eigenvalue weighted by Crippen LogP contribution is -2.53. The van der Waals surface area contributed by atoms with Gasteiger partial charge in [-0.2, -0.15) is 8.42 Å². The predicted molar refractivity (Wildman–Crippen MR) is 129 cm³/mol. The summed E-state index contributed by atoms with van der Waals surface area (Å²) in [6.45, 7) is 1.86. The molecule has 2 aliphatic heterocycles. The Morgan fingerprint density at radius 1 is 0.806 bits per heavy atom. The molecule has 0 aliphatic carbocycles. The van der Waals surface area contributed by atoms with Gasteiger partial charge < -0.3 is 24.1 Å². The van der Waals surface area contributed by atoms with E-state index in [4.69, 9.17) is 23.1 Å². The predicted octanol–water partition coefficient (Wildman–Crippen LogP) is 3.66. The van der Waals surface area contributed by atoms with Crippen LogP contribution in [0.25, 0.3) is 0 Å². The zero-order valence-corrected chi connectivity index (χ0v) is 20.5. The van der Waals surface area contributed by atoms with E-state index < -0.39 is 47.1 Å². The van der Waals surface area contributed by atoms with Gasteiger partial charge in [0.1, 0.15) is 24.4 Å². The van der Waals surface area contributed by atoms with Crippen molar-refractivity contribution in [3.8, 4) is 0 Å². The highest BCUT2D eigenvalue weighted by molar-refractivity contribution is 7.86. The molecule has 1 N–H and O–H groups in total. The second-order valence-corrected chi connectivity index (χ2v) is 10.4. The van der Waals surface area contributed by atoms with E-state index in [1.54, 1.807) is 12.1 Å². The van der Waals surface area contributed by atoms with Crippen LogP contribution in [0.15, 0.2) is 89.8 Å². The fourth-order valence-corrected chi connectivity index (χ4v) is 5.30. The summed E-state index contributed by atoms with van der Waals surface area (Å²) >= 11 is 0. The summed E-state index contributed by atoms with van der Waals surface area (Å²) in [6, 6.07) is 24.9. The van der Waals surface area contributed by atoms with Gasteiger partial charge in [-0.1, -0.05) is 78.4 Å². The third-order valence-corrected chi connectivity index (χ3v) is 7.54. The Labute approximate surface area is 210 Å². The Hall–Kier alpha value is -2.63. The van der Waals surface area contributed by atoms with Gasteiger partial charge in [0.25, 0.3) is 10.1 Å². The van der Waals surface area contributed by atoms with Crippen molar-refractivity contribution in [2.45, 2.75) is 48.8 Å². The van der Waals surface area contributed by atoms with Gasteiger partial charge in [-0.25, -0.2) is 0 Å². The number of aryl methyl sites for hydroxylation is 1. The first-order valence-electron chi connectivity index (χ1n) is 11.7. The van der Waals surface area contributed by atoms with Crippen LogP contribution in [0.1, 0.15) is 29.3 Å². The molecule has 0 amide bonds. The van der Waals surface area contributed by atoms with Gasteiger partial charge in [-0.15, -0.1) is 0 Å². The normalized spacial score (nSPS) is 27.6. The van der Waals surface area contributed by atoms with Gasteiger partial charge in [-0.05, 0) is 19.1 Å². The number of hydrogen-bond acceptors (Lipinski definition) is 8. The topological polar surface area (TPSA) is 101 Å². The van der Waals surface area contributed by atoms with Crippen LogP contribution >= 0.6 is 0 Å². The van der Waals surface area contributed by atoms with Crippen molar-refractivity contribution in [3.05, 3.63) is 102 Å². The van der Waals surface area contributed by atoms with Crippen LogP contribution in [0.4, 0.5) is 0 Å². The molecule has 0 aromatic heterocycles. The van der Waals surface area contributed by atoms with Crippen molar-refractivity contribution in [3.63, 3.8) is 0 Å². The van der Waals surface area contributed by atoms with Crippen LogP contribution < -0.4 is 0 Å². The lowest BCUT2D eigenvalue weighted by atomic mass is 10.0. The Balaban J connectivity index is 1.36. The molecule has 5 rings (SSSR count). The van der Waals surface area contributed by atoms with Crippen molar-refractivity contribution in [1.29, 1.82) is 0 Å². The lowest BCUT2D eigenvalue weighted by Gasteiger charge is -2.39. The molecule has 0 spiro atoms. The van der Waals surface area contributed by atoms with Crippen LogP contribution in [-0.4, -0.2) is 51.2 Å². The fourth-order valence-electron chi connectivity index (χ4n) is 4.23. The quantitative estimate of drug-likeness (QED) is 0.479. The molecular formula is C27H28O8S. The third kappa shape index (κ3) is 5.52. The van der Waals surface area contributed by atoms with E-state index in [0.717, 1.165) is 16.7 Å². The Morgan fingerprint density at radius 3 is 1.97 bits per heavy atom. The highest BCUT2D eigenvalue weighted by atomic mass is 32.2. The first-order chi connectivity index (χ1) is 17.4.